The molecule has 0 aliphatic rings. The van der Waals surface area contributed by atoms with Crippen LogP contribution < -0.4 is 5.43 Å². The van der Waals surface area contributed by atoms with Crippen molar-refractivity contribution in [3.8, 4) is 17.1 Å². The summed E-state index contributed by atoms with van der Waals surface area (Å²) in [5, 5.41) is 15.8. The lowest BCUT2D eigenvalue weighted by Crippen LogP contribution is -2.20. The normalized spacial score (nSPS) is 11.2. The summed E-state index contributed by atoms with van der Waals surface area (Å²) in [5.74, 6) is 0.637. The van der Waals surface area contributed by atoms with Crippen LogP contribution in [0, 0.1) is 0 Å². The lowest BCUT2D eigenvalue weighted by Gasteiger charge is -2.10. The number of hydrazone groups is 1. The number of aromatic nitrogens is 3. The molecule has 1 amide bonds. The second-order valence-corrected chi connectivity index (χ2v) is 9.49. The van der Waals surface area contributed by atoms with Gasteiger partial charge in [-0.15, -0.1) is 10.2 Å². The van der Waals surface area contributed by atoms with Crippen LogP contribution in [0.1, 0.15) is 5.56 Å². The zero-order chi connectivity index (χ0) is 24.0. The molecule has 0 unspecified atom stereocenters. The summed E-state index contributed by atoms with van der Waals surface area (Å²) in [6.45, 7) is 0. The van der Waals surface area contributed by atoms with E-state index in [9.17, 15) is 4.79 Å². The van der Waals surface area contributed by atoms with Gasteiger partial charge in [-0.3, -0.25) is 9.36 Å². The van der Waals surface area contributed by atoms with Gasteiger partial charge >= 0.3 is 0 Å². The molecule has 0 atom stereocenters. The van der Waals surface area contributed by atoms with Crippen LogP contribution in [-0.4, -0.2) is 32.6 Å². The van der Waals surface area contributed by atoms with E-state index < -0.39 is 0 Å². The Kier molecular flexibility index (Phi) is 7.02. The molecule has 5 rings (SSSR count). The highest BCUT2D eigenvalue weighted by Crippen LogP contribution is 2.28. The topological polar surface area (TPSA) is 72.2 Å². The van der Waals surface area contributed by atoms with Crippen molar-refractivity contribution in [1.29, 1.82) is 0 Å². The number of carbonyl (C=O) groups is 1. The van der Waals surface area contributed by atoms with Crippen LogP contribution in [0.4, 0.5) is 0 Å². The lowest BCUT2D eigenvalue weighted by atomic mass is 10.1. The molecule has 0 fully saturated rings. The molecule has 0 bridgehead atoms. The minimum absolute atomic E-state index is 0.151. The molecular formula is C27H20BrN5OS. The maximum atomic E-state index is 12.5. The first-order valence-electron chi connectivity index (χ1n) is 10.9. The summed E-state index contributed by atoms with van der Waals surface area (Å²) < 4.78 is 2.95. The Morgan fingerprint density at radius 3 is 2.49 bits per heavy atom. The van der Waals surface area contributed by atoms with Gasteiger partial charge in [0.05, 0.1) is 12.0 Å². The molecule has 6 nitrogen and oxygen atoms in total. The van der Waals surface area contributed by atoms with E-state index in [1.165, 1.54) is 11.8 Å². The number of carbonyl (C=O) groups excluding carboxylic acids is 1. The summed E-state index contributed by atoms with van der Waals surface area (Å²) in [6, 6.07) is 31.8. The largest absolute Gasteiger partial charge is 0.272 e. The number of amides is 1. The Labute approximate surface area is 215 Å². The second kappa shape index (κ2) is 10.7. The van der Waals surface area contributed by atoms with Crippen LogP contribution in [0.2, 0.25) is 0 Å². The van der Waals surface area contributed by atoms with Crippen LogP contribution in [0.25, 0.3) is 27.8 Å². The fourth-order valence-corrected chi connectivity index (χ4v) is 4.67. The first kappa shape index (κ1) is 23.0. The first-order valence-corrected chi connectivity index (χ1v) is 12.7. The number of fused-ring (bicyclic) bond motifs is 1. The quantitative estimate of drug-likeness (QED) is 0.154. The monoisotopic (exact) mass is 541 g/mol. The predicted octanol–water partition coefficient (Wildman–Crippen LogP) is 6.09. The van der Waals surface area contributed by atoms with Gasteiger partial charge in [-0.1, -0.05) is 100 Å². The number of halogens is 1. The molecule has 172 valence electrons. The number of rotatable bonds is 7. The Morgan fingerprint density at radius 1 is 0.914 bits per heavy atom. The molecule has 1 aromatic heterocycles. The Balaban J connectivity index is 1.31. The van der Waals surface area contributed by atoms with Crippen molar-refractivity contribution in [1.82, 2.24) is 20.2 Å². The van der Waals surface area contributed by atoms with E-state index in [0.29, 0.717) is 11.0 Å². The molecule has 0 aliphatic heterocycles. The van der Waals surface area contributed by atoms with Crippen LogP contribution in [-0.2, 0) is 4.79 Å². The fraction of sp³-hybridized carbons (Fsp3) is 0.0370. The van der Waals surface area contributed by atoms with Crippen LogP contribution in [0.5, 0.6) is 0 Å². The highest BCUT2D eigenvalue weighted by atomic mass is 79.9. The van der Waals surface area contributed by atoms with Gasteiger partial charge in [-0.05, 0) is 35.0 Å². The smallest absolute Gasteiger partial charge is 0.250 e. The predicted molar refractivity (Wildman–Crippen MR) is 145 cm³/mol. The minimum atomic E-state index is -0.223. The van der Waals surface area contributed by atoms with Crippen molar-refractivity contribution >= 4 is 50.6 Å². The van der Waals surface area contributed by atoms with E-state index in [0.717, 1.165) is 32.1 Å². The van der Waals surface area contributed by atoms with E-state index in [-0.39, 0.29) is 11.7 Å². The zero-order valence-corrected chi connectivity index (χ0v) is 20.9. The summed E-state index contributed by atoms with van der Waals surface area (Å²) in [6.07, 6.45) is 1.67. The summed E-state index contributed by atoms with van der Waals surface area (Å²) in [7, 11) is 0. The van der Waals surface area contributed by atoms with Crippen molar-refractivity contribution in [3.05, 3.63) is 107 Å². The lowest BCUT2D eigenvalue weighted by molar-refractivity contribution is -0.118. The number of hydrogen-bond donors (Lipinski definition) is 1. The molecule has 0 saturated heterocycles. The van der Waals surface area contributed by atoms with Crippen molar-refractivity contribution in [2.75, 3.05) is 5.75 Å². The van der Waals surface area contributed by atoms with Gasteiger partial charge in [-0.2, -0.15) is 5.10 Å². The highest BCUT2D eigenvalue weighted by Gasteiger charge is 2.17. The van der Waals surface area contributed by atoms with Crippen molar-refractivity contribution in [3.63, 3.8) is 0 Å². The van der Waals surface area contributed by atoms with E-state index in [2.05, 4.69) is 36.7 Å². The third kappa shape index (κ3) is 5.34. The van der Waals surface area contributed by atoms with Gasteiger partial charge in [0.1, 0.15) is 0 Å². The fourth-order valence-electron chi connectivity index (χ4n) is 3.66. The molecule has 8 heteroatoms. The summed E-state index contributed by atoms with van der Waals surface area (Å²) in [4.78, 5) is 12.5. The number of nitrogens with zero attached hydrogens (tertiary/aromatic N) is 4. The van der Waals surface area contributed by atoms with E-state index >= 15 is 0 Å². The van der Waals surface area contributed by atoms with Crippen LogP contribution in [0.15, 0.2) is 112 Å². The standard InChI is InChI=1S/C27H20BrN5OS/c28-22-15-13-20(14-16-22)26-31-32-27(33(26)23-10-2-1-3-11-23)35-18-25(34)30-29-17-21-9-6-8-19-7-4-5-12-24(19)21/h1-17H,18H2,(H,30,34)/b29-17+. The van der Waals surface area contributed by atoms with Gasteiger partial charge in [0.15, 0.2) is 11.0 Å². The molecule has 4 aromatic carbocycles. The Bertz CT molecular complexity index is 1490. The Morgan fingerprint density at radius 2 is 1.66 bits per heavy atom. The van der Waals surface area contributed by atoms with E-state index in [1.54, 1.807) is 6.21 Å². The van der Waals surface area contributed by atoms with Crippen LogP contribution in [0.3, 0.4) is 0 Å². The van der Waals surface area contributed by atoms with Gasteiger partial charge in [0, 0.05) is 21.3 Å². The third-order valence-corrected chi connectivity index (χ3v) is 6.76. The SMILES string of the molecule is O=C(CSc1nnc(-c2ccc(Br)cc2)n1-c1ccccc1)N/N=C/c1cccc2ccccc12. The molecule has 0 radical (unpaired) electrons. The van der Waals surface area contributed by atoms with E-state index in [4.69, 9.17) is 0 Å². The minimum Gasteiger partial charge on any atom is -0.272 e. The first-order chi connectivity index (χ1) is 17.2. The van der Waals surface area contributed by atoms with Gasteiger partial charge < -0.3 is 0 Å². The summed E-state index contributed by atoms with van der Waals surface area (Å²) >= 11 is 4.78. The van der Waals surface area contributed by atoms with Gasteiger partial charge in [0.2, 0.25) is 0 Å². The molecule has 5 aromatic rings. The number of para-hydroxylation sites is 1. The molecular weight excluding hydrogens is 522 g/mol. The van der Waals surface area contributed by atoms with Gasteiger partial charge in [-0.25, -0.2) is 5.43 Å². The van der Waals surface area contributed by atoms with Gasteiger partial charge in [0.25, 0.3) is 5.91 Å². The number of benzene rings is 4. The number of hydrogen-bond acceptors (Lipinski definition) is 5. The van der Waals surface area contributed by atoms with Crippen molar-refractivity contribution in [2.24, 2.45) is 5.10 Å². The van der Waals surface area contributed by atoms with Crippen molar-refractivity contribution in [2.45, 2.75) is 5.16 Å². The Hall–Kier alpha value is -3.75. The highest BCUT2D eigenvalue weighted by molar-refractivity contribution is 9.10. The third-order valence-electron chi connectivity index (χ3n) is 5.30. The zero-order valence-electron chi connectivity index (χ0n) is 18.5. The molecule has 35 heavy (non-hydrogen) atoms. The second-order valence-electron chi connectivity index (χ2n) is 7.63. The van der Waals surface area contributed by atoms with Crippen LogP contribution >= 0.6 is 27.7 Å². The van der Waals surface area contributed by atoms with Crippen molar-refractivity contribution < 1.29 is 4.79 Å². The maximum absolute atomic E-state index is 12.5. The van der Waals surface area contributed by atoms with E-state index in [1.807, 2.05) is 102 Å². The molecule has 1 heterocycles. The molecule has 0 aliphatic carbocycles. The molecule has 1 N–H and O–H groups in total. The molecule has 0 saturated carbocycles. The molecule has 0 spiro atoms. The average Bonchev–Trinajstić information content (AvgIpc) is 3.32. The summed E-state index contributed by atoms with van der Waals surface area (Å²) in [5.41, 5.74) is 5.42. The maximum Gasteiger partial charge on any atom is 0.250 e. The number of nitrogens with one attached hydrogen (secondary N) is 1. The average molecular weight is 542 g/mol. The number of thioether (sulfide) groups is 1.